The van der Waals surface area contributed by atoms with Gasteiger partial charge in [-0.05, 0) is 12.0 Å². The summed E-state index contributed by atoms with van der Waals surface area (Å²) >= 11 is 0. The first kappa shape index (κ1) is 39.4. The molecule has 0 heterocycles. The summed E-state index contributed by atoms with van der Waals surface area (Å²) in [4.78, 5) is 0. The normalized spacial score (nSPS) is 9.91. The Morgan fingerprint density at radius 3 is 1.97 bits per heavy atom. The number of hydrogen-bond donors (Lipinski definition) is 0. The van der Waals surface area contributed by atoms with Crippen molar-refractivity contribution in [2.45, 2.75) is 59.3 Å². The minimum atomic E-state index is 0. The second-order valence-electron chi connectivity index (χ2n) is 7.10. The van der Waals surface area contributed by atoms with Gasteiger partial charge < -0.3 is 7.43 Å². The molecule has 0 spiro atoms. The molecule has 0 unspecified atom stereocenters. The molecule has 3 aromatic rings. The van der Waals surface area contributed by atoms with Crippen LogP contribution in [0.3, 0.4) is 0 Å². The van der Waals surface area contributed by atoms with Gasteiger partial charge in [-0.1, -0.05) is 88.4 Å². The van der Waals surface area contributed by atoms with Gasteiger partial charge in [-0.15, -0.1) is 65.8 Å². The van der Waals surface area contributed by atoms with Gasteiger partial charge in [0.15, 0.2) is 0 Å². The standard InChI is InChI=1S/C17H15.C6H14.C5H5.CH3.2ClH.Si.Zr/c1-2-13-11-15-9-6-10-16(17(15)12-13)14-7-4-3-5-8-14;1-3-5-6-4-2;1-2-4-5-3-1;;;;;/h3-12H,2H2,1H3;3-6H2,1-2H3;1-3H,4H2;1H3;2*1H;;/q-1;;2*-1;;;;+3. The molecule has 0 saturated heterocycles. The Labute approximate surface area is 239 Å². The molecule has 177 valence electrons. The van der Waals surface area contributed by atoms with Crippen LogP contribution in [-0.4, -0.2) is 11.0 Å². The molecule has 0 aliphatic heterocycles. The van der Waals surface area contributed by atoms with E-state index in [1.807, 2.05) is 12.2 Å². The molecule has 1 aliphatic carbocycles. The van der Waals surface area contributed by atoms with Gasteiger partial charge in [0, 0.05) is 11.0 Å². The van der Waals surface area contributed by atoms with E-state index in [-0.39, 0.29) is 69.4 Å². The van der Waals surface area contributed by atoms with Gasteiger partial charge in [-0.2, -0.15) is 12.1 Å². The van der Waals surface area contributed by atoms with Crippen molar-refractivity contribution in [3.63, 3.8) is 0 Å². The van der Waals surface area contributed by atoms with Crippen molar-refractivity contribution >= 4 is 46.6 Å². The third-order valence-corrected chi connectivity index (χ3v) is 4.85. The molecule has 5 radical (unpaired) electrons. The van der Waals surface area contributed by atoms with Gasteiger partial charge in [-0.3, -0.25) is 6.08 Å². The number of halogens is 2. The number of rotatable bonds is 5. The van der Waals surface area contributed by atoms with Crippen molar-refractivity contribution < 1.29 is 26.2 Å². The summed E-state index contributed by atoms with van der Waals surface area (Å²) in [6.07, 6.45) is 16.6. The molecule has 1 aliphatic rings. The fourth-order valence-electron chi connectivity index (χ4n) is 3.21. The van der Waals surface area contributed by atoms with Crippen molar-refractivity contribution in [3.8, 4) is 11.1 Å². The zero-order chi connectivity index (χ0) is 20.0. The fourth-order valence-corrected chi connectivity index (χ4v) is 3.21. The maximum absolute atomic E-state index is 2.99. The molecular weight excluding hydrogens is 539 g/mol. The number of fused-ring (bicyclic) bond motifs is 1. The molecule has 0 aromatic heterocycles. The summed E-state index contributed by atoms with van der Waals surface area (Å²) in [6.45, 7) is 6.67. The Hall–Kier alpha value is -0.790. The average Bonchev–Trinajstić information content (AvgIpc) is 3.46. The van der Waals surface area contributed by atoms with Crippen LogP contribution in [0.1, 0.15) is 58.4 Å². The zero-order valence-corrected chi connectivity index (χ0v) is 25.7. The molecule has 0 N–H and O–H groups in total. The van der Waals surface area contributed by atoms with E-state index in [0.29, 0.717) is 0 Å². The number of benzene rings is 2. The number of aryl methyl sites for hydroxylation is 1. The molecule has 4 heteroatoms. The molecule has 0 atom stereocenters. The summed E-state index contributed by atoms with van der Waals surface area (Å²) in [7, 11) is 0. The zero-order valence-electron chi connectivity index (χ0n) is 20.6. The maximum Gasteiger partial charge on any atom is 3.00 e. The Morgan fingerprint density at radius 1 is 0.879 bits per heavy atom. The van der Waals surface area contributed by atoms with Gasteiger partial charge in [-0.25, -0.2) is 12.2 Å². The van der Waals surface area contributed by atoms with Crippen LogP contribution in [-0.2, 0) is 32.6 Å². The van der Waals surface area contributed by atoms with E-state index < -0.39 is 0 Å². The van der Waals surface area contributed by atoms with Crippen LogP contribution in [0, 0.1) is 13.5 Å². The molecule has 33 heavy (non-hydrogen) atoms. The minimum Gasteiger partial charge on any atom is -0.358 e. The third-order valence-electron chi connectivity index (χ3n) is 4.85. The van der Waals surface area contributed by atoms with E-state index in [1.165, 1.54) is 53.1 Å². The van der Waals surface area contributed by atoms with E-state index >= 15 is 0 Å². The first-order valence-corrected chi connectivity index (χ1v) is 10.8. The second-order valence-corrected chi connectivity index (χ2v) is 7.10. The van der Waals surface area contributed by atoms with Crippen LogP contribution in [0.2, 0.25) is 0 Å². The summed E-state index contributed by atoms with van der Waals surface area (Å²) in [6, 6.07) is 21.8. The number of unbranched alkanes of at least 4 members (excludes halogenated alkanes) is 3. The molecule has 0 bridgehead atoms. The summed E-state index contributed by atoms with van der Waals surface area (Å²) in [5, 5.41) is 2.72. The van der Waals surface area contributed by atoms with Gasteiger partial charge in [0.05, 0.1) is 0 Å². The Balaban J connectivity index is -0.000000225. The van der Waals surface area contributed by atoms with E-state index in [2.05, 4.69) is 93.6 Å². The SMILES string of the molecule is CCCCCC.CCc1cc2c(-c3ccccc3)cccc2[cH-]1.Cl.Cl.[C-]1=CC=CC1.[CH3-].[Si].[Zr+3]. The monoisotopic (exact) mass is 575 g/mol. The van der Waals surface area contributed by atoms with Gasteiger partial charge in [0.25, 0.3) is 0 Å². The first-order valence-electron chi connectivity index (χ1n) is 10.8. The van der Waals surface area contributed by atoms with Crippen LogP contribution in [0.25, 0.3) is 21.9 Å². The smallest absolute Gasteiger partial charge is 0.358 e. The molecule has 0 amide bonds. The largest absolute Gasteiger partial charge is 3.00 e. The van der Waals surface area contributed by atoms with Gasteiger partial charge >= 0.3 is 26.2 Å². The quantitative estimate of drug-likeness (QED) is 0.161. The molecule has 3 aromatic carbocycles. The molecular formula is C29H39Cl2SiZr. The minimum absolute atomic E-state index is 0. The average molecular weight is 578 g/mol. The molecule has 0 saturated carbocycles. The van der Waals surface area contributed by atoms with Crippen molar-refractivity contribution in [2.75, 3.05) is 0 Å². The number of allylic oxidation sites excluding steroid dienone is 4. The van der Waals surface area contributed by atoms with E-state index in [0.717, 1.165) is 12.8 Å². The van der Waals surface area contributed by atoms with Gasteiger partial charge in [0.1, 0.15) is 0 Å². The predicted octanol–water partition coefficient (Wildman–Crippen LogP) is 9.59. The first-order chi connectivity index (χ1) is 13.8. The van der Waals surface area contributed by atoms with Crippen LogP contribution >= 0.6 is 24.8 Å². The van der Waals surface area contributed by atoms with Crippen LogP contribution in [0.4, 0.5) is 0 Å². The summed E-state index contributed by atoms with van der Waals surface area (Å²) in [5.74, 6) is 0. The van der Waals surface area contributed by atoms with E-state index in [1.54, 1.807) is 0 Å². The van der Waals surface area contributed by atoms with Crippen LogP contribution < -0.4 is 0 Å². The topological polar surface area (TPSA) is 0 Å². The Bertz CT molecular complexity index is 856. The molecule has 0 nitrogen and oxygen atoms in total. The summed E-state index contributed by atoms with van der Waals surface area (Å²) in [5.41, 5.74) is 4.05. The molecule has 4 rings (SSSR count). The van der Waals surface area contributed by atoms with Crippen molar-refractivity contribution in [2.24, 2.45) is 0 Å². The predicted molar refractivity (Wildman–Crippen MR) is 152 cm³/mol. The van der Waals surface area contributed by atoms with Crippen molar-refractivity contribution in [1.29, 1.82) is 0 Å². The Morgan fingerprint density at radius 2 is 1.52 bits per heavy atom. The number of hydrogen-bond acceptors (Lipinski definition) is 0. The molecule has 0 fully saturated rings. The van der Waals surface area contributed by atoms with Crippen molar-refractivity contribution in [1.82, 2.24) is 0 Å². The fraction of sp³-hybridized carbons (Fsp3) is 0.310. The van der Waals surface area contributed by atoms with Crippen LogP contribution in [0.5, 0.6) is 0 Å². The second kappa shape index (κ2) is 24.3. The van der Waals surface area contributed by atoms with E-state index in [9.17, 15) is 0 Å². The Kier molecular flexibility index (Phi) is 29.1. The van der Waals surface area contributed by atoms with Gasteiger partial charge in [0.2, 0.25) is 0 Å². The maximum atomic E-state index is 2.99. The van der Waals surface area contributed by atoms with Crippen molar-refractivity contribution in [3.05, 3.63) is 98.0 Å². The third kappa shape index (κ3) is 14.3. The summed E-state index contributed by atoms with van der Waals surface area (Å²) < 4.78 is 0. The van der Waals surface area contributed by atoms with E-state index in [4.69, 9.17) is 0 Å². The van der Waals surface area contributed by atoms with Crippen LogP contribution in [0.15, 0.2) is 78.9 Å².